The number of aliphatic imine (C=N–C) groups is 1. The van der Waals surface area contributed by atoms with Gasteiger partial charge in [-0.05, 0) is 26.7 Å². The van der Waals surface area contributed by atoms with Crippen LogP contribution < -0.4 is 10.6 Å². The number of nitrogens with zero attached hydrogens (tertiary/aromatic N) is 4. The Labute approximate surface area is 162 Å². The van der Waals surface area contributed by atoms with Crippen LogP contribution >= 0.6 is 0 Å². The third kappa shape index (κ3) is 5.22. The van der Waals surface area contributed by atoms with E-state index in [2.05, 4.69) is 20.7 Å². The van der Waals surface area contributed by atoms with Gasteiger partial charge in [0.05, 0.1) is 18.2 Å². The Balaban J connectivity index is 2.07. The molecule has 2 rings (SSSR count). The molecular formula is C19H34N6O2. The zero-order chi connectivity index (χ0) is 20.1. The number of guanidine groups is 1. The second kappa shape index (κ2) is 8.73. The van der Waals surface area contributed by atoms with Crippen molar-refractivity contribution >= 4 is 11.9 Å². The lowest BCUT2D eigenvalue weighted by Crippen LogP contribution is -2.49. The highest BCUT2D eigenvalue weighted by molar-refractivity contribution is 5.85. The number of carbonyl (C=O) groups excluding carboxylic acids is 1. The molecule has 3 N–H and O–H groups in total. The average molecular weight is 379 g/mol. The van der Waals surface area contributed by atoms with Crippen molar-refractivity contribution in [1.82, 2.24) is 25.3 Å². The van der Waals surface area contributed by atoms with E-state index in [9.17, 15) is 9.90 Å². The largest absolute Gasteiger partial charge is 0.383 e. The summed E-state index contributed by atoms with van der Waals surface area (Å²) in [5.41, 5.74) is -0.758. The number of hydrogen-bond acceptors (Lipinski definition) is 4. The first-order valence-electron chi connectivity index (χ1n) is 9.65. The van der Waals surface area contributed by atoms with Crippen molar-refractivity contribution in [3.8, 4) is 0 Å². The summed E-state index contributed by atoms with van der Waals surface area (Å²) in [6, 6.07) is 0. The third-order valence-corrected chi connectivity index (χ3v) is 5.23. The van der Waals surface area contributed by atoms with Gasteiger partial charge in [-0.15, -0.1) is 0 Å². The van der Waals surface area contributed by atoms with Gasteiger partial charge in [-0.3, -0.25) is 9.48 Å². The van der Waals surface area contributed by atoms with E-state index in [-0.39, 0.29) is 17.9 Å². The topological polar surface area (TPSA) is 94.8 Å². The first kappa shape index (κ1) is 21.2. The van der Waals surface area contributed by atoms with E-state index in [1.165, 1.54) is 0 Å². The molecular weight excluding hydrogens is 344 g/mol. The summed E-state index contributed by atoms with van der Waals surface area (Å²) in [6.45, 7) is 5.17. The summed E-state index contributed by atoms with van der Waals surface area (Å²) in [5.74, 6) is 0.783. The summed E-state index contributed by atoms with van der Waals surface area (Å²) >= 11 is 0. The molecule has 0 saturated heterocycles. The molecule has 27 heavy (non-hydrogen) atoms. The highest BCUT2D eigenvalue weighted by atomic mass is 16.3. The maximum atomic E-state index is 12.7. The number of aryl methyl sites for hydroxylation is 1. The Bertz CT molecular complexity index is 659. The molecule has 0 bridgehead atoms. The Hall–Kier alpha value is -2.09. The molecule has 1 saturated carbocycles. The SMILES string of the molecule is CCNC(=NCC(C)(O)c1cnn(C)c1)NCC1(C(=O)N(C)C)CCCC1. The van der Waals surface area contributed by atoms with Crippen molar-refractivity contribution in [3.63, 3.8) is 0 Å². The van der Waals surface area contributed by atoms with Gasteiger partial charge in [-0.1, -0.05) is 12.8 Å². The van der Waals surface area contributed by atoms with Crippen molar-refractivity contribution in [1.29, 1.82) is 0 Å². The quantitative estimate of drug-likeness (QED) is 0.483. The van der Waals surface area contributed by atoms with Crippen molar-refractivity contribution in [3.05, 3.63) is 18.0 Å². The fourth-order valence-corrected chi connectivity index (χ4v) is 3.61. The van der Waals surface area contributed by atoms with Gasteiger partial charge in [0.25, 0.3) is 0 Å². The Kier molecular flexibility index (Phi) is 6.86. The fourth-order valence-electron chi connectivity index (χ4n) is 3.61. The van der Waals surface area contributed by atoms with E-state index >= 15 is 0 Å². The van der Waals surface area contributed by atoms with E-state index in [1.807, 2.05) is 28.1 Å². The van der Waals surface area contributed by atoms with Gasteiger partial charge in [-0.25, -0.2) is 4.99 Å². The predicted octanol–water partition coefficient (Wildman–Crippen LogP) is 0.831. The summed E-state index contributed by atoms with van der Waals surface area (Å²) in [4.78, 5) is 19.0. The second-order valence-corrected chi connectivity index (χ2v) is 7.91. The van der Waals surface area contributed by atoms with Gasteiger partial charge in [0.1, 0.15) is 5.60 Å². The van der Waals surface area contributed by atoms with Crippen LogP contribution in [-0.2, 0) is 17.4 Å². The molecule has 1 atom stereocenters. The molecule has 1 amide bonds. The number of aliphatic hydroxyl groups is 1. The van der Waals surface area contributed by atoms with Gasteiger partial charge in [0.2, 0.25) is 5.91 Å². The van der Waals surface area contributed by atoms with Gasteiger partial charge < -0.3 is 20.6 Å². The van der Waals surface area contributed by atoms with Crippen molar-refractivity contribution in [2.24, 2.45) is 17.5 Å². The summed E-state index contributed by atoms with van der Waals surface area (Å²) in [6.07, 6.45) is 7.38. The van der Waals surface area contributed by atoms with Crippen LogP contribution in [0.3, 0.4) is 0 Å². The molecule has 1 unspecified atom stereocenters. The maximum Gasteiger partial charge on any atom is 0.230 e. The highest BCUT2D eigenvalue weighted by Crippen LogP contribution is 2.38. The Morgan fingerprint density at radius 2 is 2.07 bits per heavy atom. The Morgan fingerprint density at radius 1 is 1.41 bits per heavy atom. The van der Waals surface area contributed by atoms with Crippen LogP contribution in [0.4, 0.5) is 0 Å². The molecule has 0 aromatic carbocycles. The predicted molar refractivity (Wildman–Crippen MR) is 106 cm³/mol. The van der Waals surface area contributed by atoms with Crippen molar-refractivity contribution in [2.45, 2.75) is 45.1 Å². The van der Waals surface area contributed by atoms with Crippen LogP contribution in [-0.4, -0.2) is 65.4 Å². The van der Waals surface area contributed by atoms with Gasteiger partial charge in [-0.2, -0.15) is 5.10 Å². The van der Waals surface area contributed by atoms with Crippen LogP contribution in [0.5, 0.6) is 0 Å². The smallest absolute Gasteiger partial charge is 0.230 e. The molecule has 0 spiro atoms. The molecule has 0 aliphatic heterocycles. The minimum Gasteiger partial charge on any atom is -0.383 e. The number of carbonyl (C=O) groups is 1. The van der Waals surface area contributed by atoms with Crippen LogP contribution in [0, 0.1) is 5.41 Å². The second-order valence-electron chi connectivity index (χ2n) is 7.91. The number of amides is 1. The van der Waals surface area contributed by atoms with E-state index in [1.54, 1.807) is 28.9 Å². The third-order valence-electron chi connectivity index (χ3n) is 5.23. The molecule has 8 heteroatoms. The van der Waals surface area contributed by atoms with Crippen molar-refractivity contribution < 1.29 is 9.90 Å². The van der Waals surface area contributed by atoms with E-state index in [0.717, 1.165) is 31.2 Å². The average Bonchev–Trinajstić information content (AvgIpc) is 3.27. The standard InChI is InChI=1S/C19H34N6O2/c1-6-20-17(21-13-18(2,27)15-11-23-25(5)12-15)22-14-19(9-7-8-10-19)16(26)24(3)4/h11-12,27H,6-10,13-14H2,1-5H3,(H2,20,21,22). The van der Waals surface area contributed by atoms with E-state index in [0.29, 0.717) is 19.0 Å². The number of nitrogens with one attached hydrogen (secondary N) is 2. The minimum atomic E-state index is -1.11. The lowest BCUT2D eigenvalue weighted by Gasteiger charge is -2.31. The number of hydrogen-bond donors (Lipinski definition) is 3. The number of rotatable bonds is 7. The monoisotopic (exact) mass is 378 g/mol. The molecule has 1 heterocycles. The van der Waals surface area contributed by atoms with Crippen molar-refractivity contribution in [2.75, 3.05) is 33.7 Å². The molecule has 152 valence electrons. The van der Waals surface area contributed by atoms with Gasteiger partial charge in [0.15, 0.2) is 5.96 Å². The first-order chi connectivity index (χ1) is 12.7. The van der Waals surface area contributed by atoms with Crippen LogP contribution in [0.25, 0.3) is 0 Å². The minimum absolute atomic E-state index is 0.172. The fraction of sp³-hybridized carbons (Fsp3) is 0.737. The van der Waals surface area contributed by atoms with Gasteiger partial charge >= 0.3 is 0 Å². The van der Waals surface area contributed by atoms with Crippen LogP contribution in [0.15, 0.2) is 17.4 Å². The molecule has 8 nitrogen and oxygen atoms in total. The molecule has 1 aromatic rings. The molecule has 0 radical (unpaired) electrons. The van der Waals surface area contributed by atoms with Gasteiger partial charge in [0, 0.05) is 46.0 Å². The lowest BCUT2D eigenvalue weighted by atomic mass is 9.84. The van der Waals surface area contributed by atoms with E-state index < -0.39 is 5.60 Å². The molecule has 1 aliphatic carbocycles. The lowest BCUT2D eigenvalue weighted by molar-refractivity contribution is -0.138. The zero-order valence-electron chi connectivity index (χ0n) is 17.2. The highest BCUT2D eigenvalue weighted by Gasteiger charge is 2.42. The van der Waals surface area contributed by atoms with Crippen LogP contribution in [0.2, 0.25) is 0 Å². The summed E-state index contributed by atoms with van der Waals surface area (Å²) in [5, 5.41) is 21.4. The molecule has 1 aromatic heterocycles. The molecule has 1 aliphatic rings. The zero-order valence-corrected chi connectivity index (χ0v) is 17.2. The summed E-state index contributed by atoms with van der Waals surface area (Å²) < 4.78 is 1.66. The number of aromatic nitrogens is 2. The first-order valence-corrected chi connectivity index (χ1v) is 9.65. The normalized spacial score (nSPS) is 18.8. The van der Waals surface area contributed by atoms with Crippen LogP contribution in [0.1, 0.15) is 45.1 Å². The summed E-state index contributed by atoms with van der Waals surface area (Å²) in [7, 11) is 5.44. The Morgan fingerprint density at radius 3 is 2.59 bits per heavy atom. The maximum absolute atomic E-state index is 12.7. The van der Waals surface area contributed by atoms with E-state index in [4.69, 9.17) is 0 Å². The molecule has 1 fully saturated rings.